The van der Waals surface area contributed by atoms with Crippen LogP contribution in [-0.4, -0.2) is 65.4 Å². The van der Waals surface area contributed by atoms with E-state index in [1.165, 1.54) is 5.38 Å². The Balaban J connectivity index is 2.84. The molecule has 1 amide bonds. The van der Waals surface area contributed by atoms with Crippen LogP contribution in [0.2, 0.25) is 0 Å². The molecule has 0 aliphatic rings. The minimum Gasteiger partial charge on any atom is -0.480 e. The Morgan fingerprint density at radius 1 is 1.40 bits per heavy atom. The molecule has 8 nitrogen and oxygen atoms in total. The molecule has 0 saturated heterocycles. The normalized spacial score (nSPS) is 10.6. The van der Waals surface area contributed by atoms with Gasteiger partial charge in [0, 0.05) is 24.5 Å². The number of aliphatic carboxylic acids is 1. The van der Waals surface area contributed by atoms with Crippen molar-refractivity contribution in [3.05, 3.63) is 27.1 Å². The Labute approximate surface area is 119 Å². The third-order valence-corrected chi connectivity index (χ3v) is 3.32. The van der Waals surface area contributed by atoms with Crippen LogP contribution in [-0.2, 0) is 4.79 Å². The SMILES string of the molecule is CN(C)CCN(CC(=O)O)C(=O)c1csc([N+](=O)[O-])c1. The molecular formula is C11H15N3O5S. The van der Waals surface area contributed by atoms with E-state index in [4.69, 9.17) is 5.11 Å². The fraction of sp³-hybridized carbons (Fsp3) is 0.455. The summed E-state index contributed by atoms with van der Waals surface area (Å²) < 4.78 is 0. The summed E-state index contributed by atoms with van der Waals surface area (Å²) in [5, 5.41) is 20.6. The molecule has 0 fully saturated rings. The van der Waals surface area contributed by atoms with Gasteiger partial charge < -0.3 is 14.9 Å². The number of carboxylic acids is 1. The summed E-state index contributed by atoms with van der Waals surface area (Å²) in [6, 6.07) is 1.16. The standard InChI is InChI=1S/C11H15N3O5S/c1-12(2)3-4-13(6-10(15)16)11(17)8-5-9(14(18)19)20-7-8/h5,7H,3-4,6H2,1-2H3,(H,15,16). The molecule has 0 saturated carbocycles. The highest BCUT2D eigenvalue weighted by Gasteiger charge is 2.22. The predicted octanol–water partition coefficient (Wildman–Crippen LogP) is 0.745. The van der Waals surface area contributed by atoms with E-state index in [9.17, 15) is 19.7 Å². The fourth-order valence-electron chi connectivity index (χ4n) is 1.45. The molecule has 0 aromatic carbocycles. The molecule has 20 heavy (non-hydrogen) atoms. The first-order valence-electron chi connectivity index (χ1n) is 5.70. The Kier molecular flexibility index (Phi) is 5.59. The zero-order chi connectivity index (χ0) is 15.3. The number of nitrogens with zero attached hydrogens (tertiary/aromatic N) is 3. The zero-order valence-electron chi connectivity index (χ0n) is 11.1. The highest BCUT2D eigenvalue weighted by atomic mass is 32.1. The van der Waals surface area contributed by atoms with Gasteiger partial charge in [-0.1, -0.05) is 11.3 Å². The van der Waals surface area contributed by atoms with Crippen LogP contribution in [0.3, 0.4) is 0 Å². The van der Waals surface area contributed by atoms with Crippen molar-refractivity contribution in [2.24, 2.45) is 0 Å². The number of nitro groups is 1. The van der Waals surface area contributed by atoms with E-state index in [1.807, 2.05) is 4.90 Å². The van der Waals surface area contributed by atoms with Crippen LogP contribution in [0.4, 0.5) is 5.00 Å². The van der Waals surface area contributed by atoms with Gasteiger partial charge in [-0.3, -0.25) is 19.7 Å². The van der Waals surface area contributed by atoms with Crippen molar-refractivity contribution in [3.63, 3.8) is 0 Å². The first-order chi connectivity index (χ1) is 9.31. The molecule has 1 aromatic heterocycles. The average molecular weight is 301 g/mol. The van der Waals surface area contributed by atoms with Crippen LogP contribution < -0.4 is 0 Å². The monoisotopic (exact) mass is 301 g/mol. The van der Waals surface area contributed by atoms with Crippen LogP contribution in [0.5, 0.6) is 0 Å². The second-order valence-corrected chi connectivity index (χ2v) is 5.24. The molecule has 1 aromatic rings. The molecule has 1 heterocycles. The molecule has 1 N–H and O–H groups in total. The Morgan fingerprint density at radius 2 is 2.05 bits per heavy atom. The van der Waals surface area contributed by atoms with Crippen molar-refractivity contribution in [2.75, 3.05) is 33.7 Å². The van der Waals surface area contributed by atoms with Crippen LogP contribution >= 0.6 is 11.3 Å². The molecule has 0 unspecified atom stereocenters. The van der Waals surface area contributed by atoms with Gasteiger partial charge in [0.05, 0.1) is 10.5 Å². The zero-order valence-corrected chi connectivity index (χ0v) is 11.9. The van der Waals surface area contributed by atoms with Crippen LogP contribution in [0.15, 0.2) is 11.4 Å². The largest absolute Gasteiger partial charge is 0.480 e. The Bertz CT molecular complexity index is 514. The summed E-state index contributed by atoms with van der Waals surface area (Å²) in [6.45, 7) is 0.309. The minimum atomic E-state index is -1.12. The van der Waals surface area contributed by atoms with Crippen molar-refractivity contribution < 1.29 is 19.6 Å². The summed E-state index contributed by atoms with van der Waals surface area (Å²) in [6.07, 6.45) is 0. The van der Waals surface area contributed by atoms with Gasteiger partial charge in [0.1, 0.15) is 6.54 Å². The number of likely N-dealkylation sites (N-methyl/N-ethyl adjacent to an activating group) is 1. The Morgan fingerprint density at radius 3 is 2.50 bits per heavy atom. The maximum Gasteiger partial charge on any atom is 0.324 e. The number of hydrogen-bond donors (Lipinski definition) is 1. The van der Waals surface area contributed by atoms with Gasteiger partial charge >= 0.3 is 11.0 Å². The lowest BCUT2D eigenvalue weighted by Crippen LogP contribution is -2.39. The van der Waals surface area contributed by atoms with Gasteiger partial charge in [0.25, 0.3) is 5.91 Å². The van der Waals surface area contributed by atoms with Crippen molar-refractivity contribution in [1.82, 2.24) is 9.80 Å². The molecular weight excluding hydrogens is 286 g/mol. The molecule has 0 bridgehead atoms. The van der Waals surface area contributed by atoms with E-state index in [1.54, 1.807) is 14.1 Å². The smallest absolute Gasteiger partial charge is 0.324 e. The summed E-state index contributed by atoms with van der Waals surface area (Å²) in [5.74, 6) is -1.64. The number of thiophene rings is 1. The number of rotatable bonds is 7. The lowest BCUT2D eigenvalue weighted by atomic mass is 10.3. The molecule has 0 spiro atoms. The van der Waals surface area contributed by atoms with Gasteiger partial charge in [-0.15, -0.1) is 0 Å². The van der Waals surface area contributed by atoms with E-state index in [2.05, 4.69) is 0 Å². The van der Waals surface area contributed by atoms with E-state index >= 15 is 0 Å². The molecule has 9 heteroatoms. The van der Waals surface area contributed by atoms with E-state index in [0.717, 1.165) is 22.3 Å². The van der Waals surface area contributed by atoms with Crippen LogP contribution in [0, 0.1) is 10.1 Å². The fourth-order valence-corrected chi connectivity index (χ4v) is 2.15. The van der Waals surface area contributed by atoms with Crippen molar-refractivity contribution in [3.8, 4) is 0 Å². The summed E-state index contributed by atoms with van der Waals surface area (Å²) >= 11 is 0.842. The number of amides is 1. The average Bonchev–Trinajstić information content (AvgIpc) is 2.82. The van der Waals surface area contributed by atoms with E-state index in [-0.39, 0.29) is 17.1 Å². The molecule has 0 aliphatic carbocycles. The van der Waals surface area contributed by atoms with Gasteiger partial charge in [0.2, 0.25) is 0 Å². The third-order valence-electron chi connectivity index (χ3n) is 2.44. The molecule has 0 aliphatic heterocycles. The quantitative estimate of drug-likeness (QED) is 0.588. The van der Waals surface area contributed by atoms with Gasteiger partial charge in [-0.2, -0.15) is 0 Å². The van der Waals surface area contributed by atoms with E-state index < -0.39 is 23.3 Å². The summed E-state index contributed by atoms with van der Waals surface area (Å²) in [4.78, 5) is 35.9. The molecule has 0 radical (unpaired) electrons. The number of carbonyl (C=O) groups excluding carboxylic acids is 1. The lowest BCUT2D eigenvalue weighted by Gasteiger charge is -2.22. The minimum absolute atomic E-state index is 0.140. The molecule has 1 rings (SSSR count). The van der Waals surface area contributed by atoms with Gasteiger partial charge in [-0.05, 0) is 14.1 Å². The maximum atomic E-state index is 12.2. The van der Waals surface area contributed by atoms with Crippen molar-refractivity contribution in [1.29, 1.82) is 0 Å². The number of carbonyl (C=O) groups is 2. The first-order valence-corrected chi connectivity index (χ1v) is 6.58. The van der Waals surface area contributed by atoms with Gasteiger partial charge in [-0.25, -0.2) is 0 Å². The Hall–Kier alpha value is -2.00. The van der Waals surface area contributed by atoms with Gasteiger partial charge in [0.15, 0.2) is 0 Å². The maximum absolute atomic E-state index is 12.2. The van der Waals surface area contributed by atoms with Crippen LogP contribution in [0.25, 0.3) is 0 Å². The molecule has 0 atom stereocenters. The lowest BCUT2D eigenvalue weighted by molar-refractivity contribution is -0.380. The molecule has 110 valence electrons. The number of hydrogen-bond acceptors (Lipinski definition) is 6. The third kappa shape index (κ3) is 4.59. The summed E-state index contributed by atoms with van der Waals surface area (Å²) in [7, 11) is 3.61. The summed E-state index contributed by atoms with van der Waals surface area (Å²) in [5.41, 5.74) is 0.140. The predicted molar refractivity (Wildman–Crippen MR) is 73.1 cm³/mol. The van der Waals surface area contributed by atoms with E-state index in [0.29, 0.717) is 6.54 Å². The van der Waals surface area contributed by atoms with Crippen LogP contribution in [0.1, 0.15) is 10.4 Å². The number of carboxylic acid groups (broad SMARTS) is 1. The highest BCUT2D eigenvalue weighted by molar-refractivity contribution is 7.13. The second-order valence-electron chi connectivity index (χ2n) is 4.35. The van der Waals surface area contributed by atoms with Crippen molar-refractivity contribution >= 4 is 28.2 Å². The first kappa shape index (κ1) is 16.1. The topological polar surface area (TPSA) is 104 Å². The highest BCUT2D eigenvalue weighted by Crippen LogP contribution is 2.23. The van der Waals surface area contributed by atoms with Crippen molar-refractivity contribution in [2.45, 2.75) is 0 Å². The second kappa shape index (κ2) is 6.96.